The highest BCUT2D eigenvalue weighted by atomic mass is 19.4. The summed E-state index contributed by atoms with van der Waals surface area (Å²) in [6.45, 7) is 3.27. The highest BCUT2D eigenvalue weighted by Crippen LogP contribution is 2.23. The van der Waals surface area contributed by atoms with Gasteiger partial charge >= 0.3 is 6.18 Å². The predicted molar refractivity (Wildman–Crippen MR) is 57.3 cm³/mol. The molecule has 0 aromatic heterocycles. The highest BCUT2D eigenvalue weighted by Gasteiger charge is 2.38. The van der Waals surface area contributed by atoms with Crippen molar-refractivity contribution < 1.29 is 17.9 Å². The number of hydrogen-bond acceptors (Lipinski definition) is 3. The Morgan fingerprint density at radius 1 is 1.31 bits per heavy atom. The van der Waals surface area contributed by atoms with Gasteiger partial charge in [0.05, 0.1) is 18.7 Å². The molecule has 0 heterocycles. The Kier molecular flexibility index (Phi) is 6.28. The van der Waals surface area contributed by atoms with Gasteiger partial charge in [0.15, 0.2) is 0 Å². The lowest BCUT2D eigenvalue weighted by atomic mass is 10.0. The first kappa shape index (κ1) is 15.7. The van der Waals surface area contributed by atoms with Gasteiger partial charge in [-0.15, -0.1) is 0 Å². The summed E-state index contributed by atoms with van der Waals surface area (Å²) in [5, 5.41) is 0. The zero-order valence-electron chi connectivity index (χ0n) is 10.1. The maximum absolute atomic E-state index is 12.4. The van der Waals surface area contributed by atoms with Crippen LogP contribution in [0.15, 0.2) is 0 Å². The quantitative estimate of drug-likeness (QED) is 0.737. The lowest BCUT2D eigenvalue weighted by Gasteiger charge is -2.40. The molecule has 0 radical (unpaired) electrons. The molecule has 0 amide bonds. The molecular weight excluding hydrogens is 221 g/mol. The van der Waals surface area contributed by atoms with Crippen LogP contribution in [0.1, 0.15) is 20.3 Å². The molecule has 98 valence electrons. The SMILES string of the molecule is CCCN(CC(F)(F)F)C(C)(CN)COC. The van der Waals surface area contributed by atoms with E-state index in [4.69, 9.17) is 10.5 Å². The van der Waals surface area contributed by atoms with Crippen LogP contribution in [0.2, 0.25) is 0 Å². The maximum Gasteiger partial charge on any atom is 0.401 e. The van der Waals surface area contributed by atoms with Crippen molar-refractivity contribution in [2.24, 2.45) is 5.73 Å². The van der Waals surface area contributed by atoms with Gasteiger partial charge in [-0.05, 0) is 19.9 Å². The molecule has 2 N–H and O–H groups in total. The molecule has 0 aliphatic heterocycles. The van der Waals surface area contributed by atoms with Gasteiger partial charge in [0.25, 0.3) is 0 Å². The first-order valence-electron chi connectivity index (χ1n) is 5.30. The zero-order chi connectivity index (χ0) is 12.8. The fraction of sp³-hybridized carbons (Fsp3) is 1.00. The van der Waals surface area contributed by atoms with Crippen LogP contribution in [-0.4, -0.2) is 50.0 Å². The molecule has 0 spiro atoms. The number of halogens is 3. The van der Waals surface area contributed by atoms with Crippen molar-refractivity contribution in [3.05, 3.63) is 0 Å². The molecule has 1 atom stereocenters. The third-order valence-corrected chi connectivity index (χ3v) is 2.52. The van der Waals surface area contributed by atoms with Crippen molar-refractivity contribution in [2.45, 2.75) is 32.0 Å². The van der Waals surface area contributed by atoms with Crippen molar-refractivity contribution >= 4 is 0 Å². The third kappa shape index (κ3) is 5.14. The van der Waals surface area contributed by atoms with Crippen molar-refractivity contribution in [3.8, 4) is 0 Å². The number of rotatable bonds is 7. The summed E-state index contributed by atoms with van der Waals surface area (Å²) >= 11 is 0. The molecule has 0 bridgehead atoms. The number of hydrogen-bond donors (Lipinski definition) is 1. The van der Waals surface area contributed by atoms with Crippen LogP contribution in [0.4, 0.5) is 13.2 Å². The van der Waals surface area contributed by atoms with Gasteiger partial charge in [0, 0.05) is 13.7 Å². The number of alkyl halides is 3. The Hall–Kier alpha value is -0.330. The van der Waals surface area contributed by atoms with E-state index in [0.29, 0.717) is 13.0 Å². The van der Waals surface area contributed by atoms with Crippen LogP contribution in [-0.2, 0) is 4.74 Å². The van der Waals surface area contributed by atoms with Crippen LogP contribution in [0.25, 0.3) is 0 Å². The third-order valence-electron chi connectivity index (χ3n) is 2.52. The second-order valence-electron chi connectivity index (χ2n) is 4.17. The van der Waals surface area contributed by atoms with E-state index in [0.717, 1.165) is 0 Å². The molecule has 6 heteroatoms. The first-order chi connectivity index (χ1) is 7.29. The predicted octanol–water partition coefficient (Wildman–Crippen LogP) is 1.62. The molecule has 0 aliphatic rings. The molecule has 0 rings (SSSR count). The fourth-order valence-corrected chi connectivity index (χ4v) is 1.62. The summed E-state index contributed by atoms with van der Waals surface area (Å²) in [6.07, 6.45) is -3.56. The molecule has 0 saturated carbocycles. The van der Waals surface area contributed by atoms with E-state index in [-0.39, 0.29) is 13.2 Å². The van der Waals surface area contributed by atoms with Gasteiger partial charge in [-0.1, -0.05) is 6.92 Å². The van der Waals surface area contributed by atoms with E-state index < -0.39 is 18.3 Å². The van der Waals surface area contributed by atoms with Crippen molar-refractivity contribution in [2.75, 3.05) is 33.4 Å². The van der Waals surface area contributed by atoms with E-state index in [1.54, 1.807) is 6.92 Å². The van der Waals surface area contributed by atoms with Crippen molar-refractivity contribution in [1.82, 2.24) is 4.90 Å². The summed E-state index contributed by atoms with van der Waals surface area (Å²) in [7, 11) is 1.46. The molecule has 0 aromatic carbocycles. The number of nitrogens with two attached hydrogens (primary N) is 1. The summed E-state index contributed by atoms with van der Waals surface area (Å²) in [6, 6.07) is 0. The number of nitrogens with zero attached hydrogens (tertiary/aromatic N) is 1. The van der Waals surface area contributed by atoms with E-state index in [1.807, 2.05) is 6.92 Å². The Labute approximate surface area is 94.7 Å². The minimum atomic E-state index is -4.21. The van der Waals surface area contributed by atoms with E-state index in [2.05, 4.69) is 0 Å². The van der Waals surface area contributed by atoms with Gasteiger partial charge in [0.2, 0.25) is 0 Å². The minimum Gasteiger partial charge on any atom is -0.383 e. The van der Waals surface area contributed by atoms with Gasteiger partial charge in [-0.25, -0.2) is 0 Å². The summed E-state index contributed by atoms with van der Waals surface area (Å²) in [5.41, 5.74) is 4.79. The maximum atomic E-state index is 12.4. The molecular formula is C10H21F3N2O. The van der Waals surface area contributed by atoms with Crippen LogP contribution >= 0.6 is 0 Å². The summed E-state index contributed by atoms with van der Waals surface area (Å²) in [5.74, 6) is 0. The lowest BCUT2D eigenvalue weighted by Crippen LogP contribution is -2.57. The Bertz CT molecular complexity index is 199. The highest BCUT2D eigenvalue weighted by molar-refractivity contribution is 4.88. The molecule has 3 nitrogen and oxygen atoms in total. The largest absolute Gasteiger partial charge is 0.401 e. The monoisotopic (exact) mass is 242 g/mol. The van der Waals surface area contributed by atoms with Crippen LogP contribution in [0, 0.1) is 0 Å². The average Bonchev–Trinajstić information content (AvgIpc) is 2.15. The summed E-state index contributed by atoms with van der Waals surface area (Å²) < 4.78 is 42.2. The van der Waals surface area contributed by atoms with Gasteiger partial charge in [-0.3, -0.25) is 4.90 Å². The van der Waals surface area contributed by atoms with Crippen LogP contribution < -0.4 is 5.73 Å². The van der Waals surface area contributed by atoms with Crippen LogP contribution in [0.5, 0.6) is 0 Å². The van der Waals surface area contributed by atoms with E-state index in [1.165, 1.54) is 12.0 Å². The van der Waals surface area contributed by atoms with Crippen molar-refractivity contribution in [3.63, 3.8) is 0 Å². The second kappa shape index (κ2) is 6.42. The minimum absolute atomic E-state index is 0.136. The van der Waals surface area contributed by atoms with Gasteiger partial charge < -0.3 is 10.5 Å². The Morgan fingerprint density at radius 3 is 2.19 bits per heavy atom. The lowest BCUT2D eigenvalue weighted by molar-refractivity contribution is -0.161. The number of ether oxygens (including phenoxy) is 1. The van der Waals surface area contributed by atoms with E-state index in [9.17, 15) is 13.2 Å². The standard InChI is InChI=1S/C10H21F3N2O/c1-4-5-15(7-10(11,12)13)9(2,6-14)8-16-3/h4-8,14H2,1-3H3. The molecule has 0 aliphatic carbocycles. The smallest absolute Gasteiger partial charge is 0.383 e. The number of methoxy groups -OCH3 is 1. The first-order valence-corrected chi connectivity index (χ1v) is 5.30. The molecule has 0 saturated heterocycles. The van der Waals surface area contributed by atoms with Gasteiger partial charge in [-0.2, -0.15) is 13.2 Å². The Balaban J connectivity index is 4.71. The van der Waals surface area contributed by atoms with Crippen LogP contribution in [0.3, 0.4) is 0 Å². The molecule has 1 unspecified atom stereocenters. The molecule has 16 heavy (non-hydrogen) atoms. The zero-order valence-corrected chi connectivity index (χ0v) is 10.1. The molecule has 0 aromatic rings. The van der Waals surface area contributed by atoms with E-state index >= 15 is 0 Å². The average molecular weight is 242 g/mol. The molecule has 0 fully saturated rings. The Morgan fingerprint density at radius 2 is 1.88 bits per heavy atom. The summed E-state index contributed by atoms with van der Waals surface area (Å²) in [4.78, 5) is 1.34. The normalized spacial score (nSPS) is 16.5. The van der Waals surface area contributed by atoms with Gasteiger partial charge in [0.1, 0.15) is 0 Å². The fourth-order valence-electron chi connectivity index (χ4n) is 1.62. The second-order valence-corrected chi connectivity index (χ2v) is 4.17. The van der Waals surface area contributed by atoms with Crippen molar-refractivity contribution in [1.29, 1.82) is 0 Å². The topological polar surface area (TPSA) is 38.5 Å².